The first-order valence-electron chi connectivity index (χ1n) is 6.99. The van der Waals surface area contributed by atoms with E-state index in [4.69, 9.17) is 24.4 Å². The van der Waals surface area contributed by atoms with Gasteiger partial charge in [-0.1, -0.05) is 24.4 Å². The largest absolute Gasteiger partial charge is 0.234 e. The molecule has 0 saturated carbocycles. The van der Waals surface area contributed by atoms with Gasteiger partial charge in [0, 0.05) is 22.0 Å². The summed E-state index contributed by atoms with van der Waals surface area (Å²) in [6.45, 7) is 0.903. The zero-order chi connectivity index (χ0) is 16.2. The molecule has 0 radical (unpaired) electrons. The smallest absolute Gasteiger partial charge is 0.211 e. The first kappa shape index (κ1) is 19.7. The van der Waals surface area contributed by atoms with Gasteiger partial charge in [0.1, 0.15) is 0 Å². The number of hydrogen-bond donors (Lipinski definition) is 0. The Labute approximate surface area is 150 Å². The Kier molecular flexibility index (Phi) is 10.8. The lowest BCUT2D eigenvalue weighted by molar-refractivity contribution is 0.562. The van der Waals surface area contributed by atoms with Crippen molar-refractivity contribution < 1.29 is 9.59 Å². The molecule has 1 fully saturated rings. The molecule has 2 unspecified atom stereocenters. The molecule has 0 bridgehead atoms. The number of thioether (sulfide) groups is 2. The summed E-state index contributed by atoms with van der Waals surface area (Å²) in [5, 5.41) is 1.09. The second-order valence-electron chi connectivity index (χ2n) is 4.84. The van der Waals surface area contributed by atoms with Gasteiger partial charge in [-0.25, -0.2) is 19.6 Å². The molecule has 22 heavy (non-hydrogen) atoms. The molecule has 4 nitrogen and oxygen atoms in total. The van der Waals surface area contributed by atoms with Gasteiger partial charge in [0.15, 0.2) is 0 Å². The lowest BCUT2D eigenvalue weighted by Gasteiger charge is -2.28. The maximum Gasteiger partial charge on any atom is 0.234 e. The molecular formula is C14H18N2O2S4. The van der Waals surface area contributed by atoms with Gasteiger partial charge in [0.2, 0.25) is 12.2 Å². The monoisotopic (exact) mass is 374 g/mol. The first-order valence-corrected chi connectivity index (χ1v) is 9.91. The van der Waals surface area contributed by atoms with Crippen molar-refractivity contribution in [1.82, 2.24) is 0 Å². The van der Waals surface area contributed by atoms with Crippen LogP contribution < -0.4 is 0 Å². The molecule has 1 saturated heterocycles. The molecule has 0 aromatic rings. The molecule has 2 atom stereocenters. The van der Waals surface area contributed by atoms with E-state index < -0.39 is 0 Å². The molecule has 0 aromatic carbocycles. The average molecular weight is 375 g/mol. The van der Waals surface area contributed by atoms with Crippen LogP contribution in [0.15, 0.2) is 9.98 Å². The third-order valence-electron chi connectivity index (χ3n) is 3.08. The van der Waals surface area contributed by atoms with Crippen molar-refractivity contribution in [2.75, 3.05) is 24.6 Å². The van der Waals surface area contributed by atoms with Crippen LogP contribution in [0.4, 0.5) is 0 Å². The van der Waals surface area contributed by atoms with Gasteiger partial charge in [-0.05, 0) is 35.4 Å². The van der Waals surface area contributed by atoms with Gasteiger partial charge >= 0.3 is 0 Å². The van der Waals surface area contributed by atoms with Crippen LogP contribution in [0.25, 0.3) is 0 Å². The summed E-state index contributed by atoms with van der Waals surface area (Å²) in [6.07, 6.45) is 6.27. The molecule has 8 heteroatoms. The minimum Gasteiger partial charge on any atom is -0.211 e. The predicted molar refractivity (Wildman–Crippen MR) is 102 cm³/mol. The van der Waals surface area contributed by atoms with Crippen molar-refractivity contribution in [3.05, 3.63) is 0 Å². The standard InChI is InChI=1S/C14H18N2O2S4/c17-9-15-3-1-11(19)5-13-7-22-14(8-21-13)6-12(20)2-4-16-10-18/h13-14H,1-8H2. The highest BCUT2D eigenvalue weighted by molar-refractivity contribution is 8.07. The molecule has 0 amide bonds. The van der Waals surface area contributed by atoms with Crippen molar-refractivity contribution >= 4 is 69.8 Å². The Morgan fingerprint density at radius 1 is 0.909 bits per heavy atom. The number of thiocarbonyl (C=S) groups is 2. The first-order chi connectivity index (χ1) is 10.7. The molecule has 120 valence electrons. The van der Waals surface area contributed by atoms with Crippen molar-refractivity contribution in [1.29, 1.82) is 0 Å². The van der Waals surface area contributed by atoms with E-state index in [0.29, 0.717) is 36.4 Å². The number of hydrogen-bond acceptors (Lipinski definition) is 8. The second kappa shape index (κ2) is 12.1. The van der Waals surface area contributed by atoms with Crippen LogP contribution in [-0.2, 0) is 9.59 Å². The number of carbonyl (C=O) groups excluding carboxylic acids is 2. The number of isocyanates is 2. The van der Waals surface area contributed by atoms with Crippen LogP contribution in [0.5, 0.6) is 0 Å². The van der Waals surface area contributed by atoms with E-state index in [1.165, 1.54) is 12.2 Å². The highest BCUT2D eigenvalue weighted by Gasteiger charge is 2.23. The summed E-state index contributed by atoms with van der Waals surface area (Å²) in [6, 6.07) is 0. The SMILES string of the molecule is O=C=NCCC(=S)CC1CSC(CC(=S)CCN=C=O)CS1. The average Bonchev–Trinajstić information content (AvgIpc) is 2.50. The van der Waals surface area contributed by atoms with Gasteiger partial charge in [-0.2, -0.15) is 23.5 Å². The molecular weight excluding hydrogens is 356 g/mol. The molecule has 0 aromatic heterocycles. The van der Waals surface area contributed by atoms with Crippen LogP contribution >= 0.6 is 48.0 Å². The maximum absolute atomic E-state index is 10.0. The van der Waals surface area contributed by atoms with E-state index in [1.54, 1.807) is 0 Å². The predicted octanol–water partition coefficient (Wildman–Crippen LogP) is 3.18. The van der Waals surface area contributed by atoms with Gasteiger partial charge in [0.25, 0.3) is 0 Å². The zero-order valence-corrected chi connectivity index (χ0v) is 15.4. The van der Waals surface area contributed by atoms with E-state index in [9.17, 15) is 9.59 Å². The summed E-state index contributed by atoms with van der Waals surface area (Å²) in [5.41, 5.74) is 0. The van der Waals surface area contributed by atoms with Gasteiger partial charge in [-0.3, -0.25) is 0 Å². The summed E-state index contributed by atoms with van der Waals surface area (Å²) in [5.74, 6) is 2.14. The van der Waals surface area contributed by atoms with E-state index in [2.05, 4.69) is 9.98 Å². The second-order valence-corrected chi connectivity index (χ2v) is 8.66. The minimum absolute atomic E-state index is 0.451. The van der Waals surface area contributed by atoms with Gasteiger partial charge in [-0.15, -0.1) is 0 Å². The van der Waals surface area contributed by atoms with E-state index in [-0.39, 0.29) is 0 Å². The van der Waals surface area contributed by atoms with E-state index in [1.807, 2.05) is 23.5 Å². The van der Waals surface area contributed by atoms with Gasteiger partial charge < -0.3 is 0 Å². The van der Waals surface area contributed by atoms with Crippen molar-refractivity contribution in [2.45, 2.75) is 36.2 Å². The third kappa shape index (κ3) is 8.93. The molecule has 1 aliphatic heterocycles. The van der Waals surface area contributed by atoms with Crippen LogP contribution in [0.3, 0.4) is 0 Å². The highest BCUT2D eigenvalue weighted by atomic mass is 32.2. The summed E-state index contributed by atoms with van der Waals surface area (Å²) < 4.78 is 0. The molecule has 1 rings (SSSR count). The van der Waals surface area contributed by atoms with Crippen molar-refractivity contribution in [2.24, 2.45) is 9.98 Å². The Hall–Kier alpha value is -0.360. The van der Waals surface area contributed by atoms with Crippen LogP contribution in [0.1, 0.15) is 25.7 Å². The number of nitrogens with zero attached hydrogens (tertiary/aromatic N) is 2. The third-order valence-corrected chi connectivity index (χ3v) is 7.04. The Balaban J connectivity index is 2.19. The maximum atomic E-state index is 10.0. The quantitative estimate of drug-likeness (QED) is 0.332. The van der Waals surface area contributed by atoms with Crippen LogP contribution in [-0.4, -0.2) is 57.0 Å². The summed E-state index contributed by atoms with van der Waals surface area (Å²) in [7, 11) is 0. The normalized spacial score (nSPS) is 20.5. The lowest BCUT2D eigenvalue weighted by Crippen LogP contribution is -2.25. The molecule has 0 N–H and O–H groups in total. The van der Waals surface area contributed by atoms with E-state index in [0.717, 1.165) is 34.1 Å². The topological polar surface area (TPSA) is 58.9 Å². The molecule has 0 spiro atoms. The van der Waals surface area contributed by atoms with E-state index >= 15 is 0 Å². The highest BCUT2D eigenvalue weighted by Crippen LogP contribution is 2.34. The Bertz CT molecular complexity index is 433. The fourth-order valence-electron chi connectivity index (χ4n) is 1.98. The van der Waals surface area contributed by atoms with Crippen LogP contribution in [0, 0.1) is 0 Å². The van der Waals surface area contributed by atoms with Crippen LogP contribution in [0.2, 0.25) is 0 Å². The molecule has 0 aliphatic carbocycles. The molecule has 1 heterocycles. The summed E-state index contributed by atoms with van der Waals surface area (Å²) in [4.78, 5) is 29.0. The zero-order valence-electron chi connectivity index (χ0n) is 12.2. The van der Waals surface area contributed by atoms with Crippen molar-refractivity contribution in [3.8, 4) is 0 Å². The number of rotatable bonds is 10. The fourth-order valence-corrected chi connectivity index (χ4v) is 5.87. The fraction of sp³-hybridized carbons (Fsp3) is 0.714. The minimum atomic E-state index is 0.451. The van der Waals surface area contributed by atoms with Gasteiger partial charge in [0.05, 0.1) is 13.1 Å². The number of aliphatic imine (C=N–C) groups is 2. The Morgan fingerprint density at radius 3 is 1.64 bits per heavy atom. The Morgan fingerprint density at radius 2 is 1.32 bits per heavy atom. The summed E-state index contributed by atoms with van der Waals surface area (Å²) >= 11 is 14.6. The van der Waals surface area contributed by atoms with Crippen molar-refractivity contribution in [3.63, 3.8) is 0 Å². The molecule has 1 aliphatic rings. The lowest BCUT2D eigenvalue weighted by atomic mass is 10.2.